The van der Waals surface area contributed by atoms with Gasteiger partial charge in [-0.2, -0.15) is 0 Å². The minimum atomic E-state index is -0.109. The number of aromatic nitrogens is 1. The fourth-order valence-electron chi connectivity index (χ4n) is 1.52. The summed E-state index contributed by atoms with van der Waals surface area (Å²) in [5, 5.41) is 0. The third kappa shape index (κ3) is 3.42. The predicted octanol–water partition coefficient (Wildman–Crippen LogP) is 1.16. The molecule has 1 heterocycles. The van der Waals surface area contributed by atoms with E-state index in [1.165, 1.54) is 6.20 Å². The van der Waals surface area contributed by atoms with Crippen LogP contribution in [0, 0.1) is 0 Å². The van der Waals surface area contributed by atoms with Gasteiger partial charge in [-0.25, -0.2) is 0 Å². The van der Waals surface area contributed by atoms with E-state index in [9.17, 15) is 4.79 Å². The first-order valence-electron chi connectivity index (χ1n) is 5.57. The standard InChI is InChI=1S/C12H19N3O2/c1-9(2)15(6-7-17-3)12(16)10-8-14-5-4-11(10)13/h4-5,8-9H,6-7H2,1-3H3,(H2,13,14). The molecule has 94 valence electrons. The maximum Gasteiger partial charge on any atom is 0.257 e. The van der Waals surface area contributed by atoms with Gasteiger partial charge in [0, 0.05) is 37.8 Å². The summed E-state index contributed by atoms with van der Waals surface area (Å²) >= 11 is 0. The lowest BCUT2D eigenvalue weighted by Gasteiger charge is -2.26. The highest BCUT2D eigenvalue weighted by Crippen LogP contribution is 2.13. The Balaban J connectivity index is 2.88. The number of carbonyl (C=O) groups is 1. The molecule has 1 rings (SSSR count). The Labute approximate surface area is 102 Å². The molecule has 0 fully saturated rings. The molecule has 0 radical (unpaired) electrons. The molecular weight excluding hydrogens is 218 g/mol. The Morgan fingerprint density at radius 2 is 2.29 bits per heavy atom. The molecule has 0 aliphatic carbocycles. The van der Waals surface area contributed by atoms with E-state index in [2.05, 4.69) is 4.98 Å². The van der Waals surface area contributed by atoms with E-state index < -0.39 is 0 Å². The summed E-state index contributed by atoms with van der Waals surface area (Å²) in [6.45, 7) is 4.96. The molecule has 1 amide bonds. The maximum atomic E-state index is 12.3. The fraction of sp³-hybridized carbons (Fsp3) is 0.500. The maximum absolute atomic E-state index is 12.3. The molecule has 17 heavy (non-hydrogen) atoms. The number of nitrogen functional groups attached to an aromatic ring is 1. The number of nitrogens with two attached hydrogens (primary N) is 1. The zero-order valence-corrected chi connectivity index (χ0v) is 10.5. The lowest BCUT2D eigenvalue weighted by atomic mass is 10.2. The van der Waals surface area contributed by atoms with Gasteiger partial charge in [0.25, 0.3) is 5.91 Å². The number of carbonyl (C=O) groups excluding carboxylic acids is 1. The van der Waals surface area contributed by atoms with E-state index in [-0.39, 0.29) is 11.9 Å². The molecule has 0 aliphatic heterocycles. The van der Waals surface area contributed by atoms with Crippen LogP contribution in [0.2, 0.25) is 0 Å². The van der Waals surface area contributed by atoms with Crippen LogP contribution in [0.15, 0.2) is 18.5 Å². The Bertz CT molecular complexity index is 380. The second kappa shape index (κ2) is 6.20. The van der Waals surface area contributed by atoms with Gasteiger partial charge in [-0.3, -0.25) is 9.78 Å². The summed E-state index contributed by atoms with van der Waals surface area (Å²) in [4.78, 5) is 17.9. The van der Waals surface area contributed by atoms with E-state index in [0.29, 0.717) is 24.4 Å². The third-order valence-electron chi connectivity index (χ3n) is 2.51. The Kier molecular flexibility index (Phi) is 4.90. The third-order valence-corrected chi connectivity index (χ3v) is 2.51. The topological polar surface area (TPSA) is 68.5 Å². The van der Waals surface area contributed by atoms with Gasteiger partial charge in [-0.1, -0.05) is 0 Å². The first-order valence-corrected chi connectivity index (χ1v) is 5.57. The highest BCUT2D eigenvalue weighted by molar-refractivity contribution is 5.98. The van der Waals surface area contributed by atoms with Crippen LogP contribution in [-0.2, 0) is 4.74 Å². The van der Waals surface area contributed by atoms with Crippen LogP contribution in [0.5, 0.6) is 0 Å². The number of ether oxygens (including phenoxy) is 1. The summed E-state index contributed by atoms with van der Waals surface area (Å²) in [7, 11) is 1.61. The Morgan fingerprint density at radius 1 is 1.59 bits per heavy atom. The second-order valence-corrected chi connectivity index (χ2v) is 4.05. The van der Waals surface area contributed by atoms with Crippen molar-refractivity contribution < 1.29 is 9.53 Å². The van der Waals surface area contributed by atoms with Crippen LogP contribution in [0.3, 0.4) is 0 Å². The smallest absolute Gasteiger partial charge is 0.257 e. The summed E-state index contributed by atoms with van der Waals surface area (Å²) in [6.07, 6.45) is 3.07. The van der Waals surface area contributed by atoms with E-state index in [1.54, 1.807) is 24.3 Å². The number of pyridine rings is 1. The number of nitrogens with zero attached hydrogens (tertiary/aromatic N) is 2. The molecule has 0 saturated heterocycles. The minimum Gasteiger partial charge on any atom is -0.398 e. The van der Waals surface area contributed by atoms with Crippen LogP contribution in [-0.4, -0.2) is 42.1 Å². The van der Waals surface area contributed by atoms with Crippen molar-refractivity contribution in [3.63, 3.8) is 0 Å². The summed E-state index contributed by atoms with van der Waals surface area (Å²) < 4.78 is 5.00. The van der Waals surface area contributed by atoms with Crippen molar-refractivity contribution in [2.75, 3.05) is 26.0 Å². The van der Waals surface area contributed by atoms with Crippen LogP contribution in [0.1, 0.15) is 24.2 Å². The number of anilines is 1. The largest absolute Gasteiger partial charge is 0.398 e. The van der Waals surface area contributed by atoms with Gasteiger partial charge in [0.15, 0.2) is 0 Å². The molecule has 0 atom stereocenters. The van der Waals surface area contributed by atoms with Crippen molar-refractivity contribution in [2.45, 2.75) is 19.9 Å². The zero-order valence-electron chi connectivity index (χ0n) is 10.5. The molecule has 0 bridgehead atoms. The van der Waals surface area contributed by atoms with Crippen molar-refractivity contribution in [1.82, 2.24) is 9.88 Å². The van der Waals surface area contributed by atoms with Crippen molar-refractivity contribution in [1.29, 1.82) is 0 Å². The molecular formula is C12H19N3O2. The normalized spacial score (nSPS) is 10.6. The molecule has 5 heteroatoms. The summed E-state index contributed by atoms with van der Waals surface area (Å²) in [5.41, 5.74) is 6.66. The molecule has 0 spiro atoms. The van der Waals surface area contributed by atoms with Crippen LogP contribution < -0.4 is 5.73 Å². The number of methoxy groups -OCH3 is 1. The van der Waals surface area contributed by atoms with E-state index in [0.717, 1.165) is 0 Å². The Morgan fingerprint density at radius 3 is 2.82 bits per heavy atom. The number of hydrogen-bond donors (Lipinski definition) is 1. The highest BCUT2D eigenvalue weighted by atomic mass is 16.5. The molecule has 0 saturated carbocycles. The first-order chi connectivity index (χ1) is 8.07. The van der Waals surface area contributed by atoms with Gasteiger partial charge < -0.3 is 15.4 Å². The molecule has 1 aromatic rings. The van der Waals surface area contributed by atoms with Gasteiger partial charge in [-0.05, 0) is 19.9 Å². The van der Waals surface area contributed by atoms with Gasteiger partial charge in [0.1, 0.15) is 0 Å². The number of rotatable bonds is 5. The highest BCUT2D eigenvalue weighted by Gasteiger charge is 2.20. The SMILES string of the molecule is COCCN(C(=O)c1cnccc1N)C(C)C. The number of amides is 1. The fourth-order valence-corrected chi connectivity index (χ4v) is 1.52. The van der Waals surface area contributed by atoms with Crippen LogP contribution in [0.4, 0.5) is 5.69 Å². The lowest BCUT2D eigenvalue weighted by molar-refractivity contribution is 0.0635. The van der Waals surface area contributed by atoms with Gasteiger partial charge in [0.2, 0.25) is 0 Å². The van der Waals surface area contributed by atoms with E-state index >= 15 is 0 Å². The van der Waals surface area contributed by atoms with E-state index in [4.69, 9.17) is 10.5 Å². The average Bonchev–Trinajstić information content (AvgIpc) is 2.29. The van der Waals surface area contributed by atoms with Crippen molar-refractivity contribution >= 4 is 11.6 Å². The molecule has 0 aromatic carbocycles. The molecule has 5 nitrogen and oxygen atoms in total. The summed E-state index contributed by atoms with van der Waals surface area (Å²) in [5.74, 6) is -0.109. The lowest BCUT2D eigenvalue weighted by Crippen LogP contribution is -2.39. The minimum absolute atomic E-state index is 0.0947. The summed E-state index contributed by atoms with van der Waals surface area (Å²) in [6, 6.07) is 1.72. The predicted molar refractivity (Wildman–Crippen MR) is 66.7 cm³/mol. The molecule has 2 N–H and O–H groups in total. The molecule has 0 unspecified atom stereocenters. The second-order valence-electron chi connectivity index (χ2n) is 4.05. The molecule has 1 aromatic heterocycles. The zero-order chi connectivity index (χ0) is 12.8. The van der Waals surface area contributed by atoms with Crippen molar-refractivity contribution in [2.24, 2.45) is 0 Å². The van der Waals surface area contributed by atoms with Gasteiger partial charge in [0.05, 0.1) is 12.2 Å². The first kappa shape index (κ1) is 13.4. The monoisotopic (exact) mass is 237 g/mol. The van der Waals surface area contributed by atoms with Gasteiger partial charge in [-0.15, -0.1) is 0 Å². The van der Waals surface area contributed by atoms with Crippen molar-refractivity contribution in [3.05, 3.63) is 24.0 Å². The van der Waals surface area contributed by atoms with Crippen molar-refractivity contribution in [3.8, 4) is 0 Å². The Hall–Kier alpha value is -1.62. The number of hydrogen-bond acceptors (Lipinski definition) is 4. The van der Waals surface area contributed by atoms with Gasteiger partial charge >= 0.3 is 0 Å². The van der Waals surface area contributed by atoms with Crippen LogP contribution >= 0.6 is 0 Å². The molecule has 0 aliphatic rings. The average molecular weight is 237 g/mol. The van der Waals surface area contributed by atoms with E-state index in [1.807, 2.05) is 13.8 Å². The quantitative estimate of drug-likeness (QED) is 0.834. The van der Waals surface area contributed by atoms with Crippen LogP contribution in [0.25, 0.3) is 0 Å².